The second-order valence-corrected chi connectivity index (χ2v) is 9.36. The molecule has 3 amide bonds. The zero-order valence-electron chi connectivity index (χ0n) is 20.4. The number of hydrogen-bond donors (Lipinski definition) is 3. The van der Waals surface area contributed by atoms with E-state index in [1.54, 1.807) is 42.5 Å². The van der Waals surface area contributed by atoms with Crippen molar-refractivity contribution in [1.29, 1.82) is 0 Å². The Kier molecular flexibility index (Phi) is 9.10. The van der Waals surface area contributed by atoms with Crippen molar-refractivity contribution >= 4 is 40.7 Å². The van der Waals surface area contributed by atoms with Crippen molar-refractivity contribution in [3.63, 3.8) is 0 Å². The summed E-state index contributed by atoms with van der Waals surface area (Å²) in [5.41, 5.74) is 6.67. The van der Waals surface area contributed by atoms with E-state index in [0.717, 1.165) is 0 Å². The number of nitrogens with zero attached hydrogens (tertiary/aromatic N) is 1. The van der Waals surface area contributed by atoms with Crippen LogP contribution in [0.15, 0.2) is 65.7 Å². The number of aliphatic imine (C=N–C) groups is 1. The second kappa shape index (κ2) is 11.9. The number of nitrogens with two attached hydrogens (primary N) is 1. The molecule has 0 bridgehead atoms. The van der Waals surface area contributed by atoms with Gasteiger partial charge in [-0.15, -0.1) is 0 Å². The van der Waals surface area contributed by atoms with Gasteiger partial charge in [-0.05, 0) is 19.4 Å². The van der Waals surface area contributed by atoms with E-state index in [1.165, 1.54) is 6.07 Å². The molecule has 1 heterocycles. The molecule has 3 atom stereocenters. The molecule has 2 aromatic rings. The van der Waals surface area contributed by atoms with E-state index in [4.69, 9.17) is 17.3 Å². The first-order valence-corrected chi connectivity index (χ1v) is 12.0. The number of rotatable bonds is 9. The number of alkyl halides is 5. The zero-order valence-corrected chi connectivity index (χ0v) is 21.2. The standard InChI is InChI=1S/C26H24ClF5N4O3/c1-25(28,29)12-10-15(21(33)37)16(11-13-26(30,31)32)23(38)36-22-24(39)35-20-17(8-5-9-18(20)27)19(34-22)14-6-3-2-4-7-14/h2-9,11,13,15-16,22H,10,12H2,1H3,(H2,33,37)(H,35,39)(H,36,38)/b13-11+/t15-,16+,22+/m0/s1. The van der Waals surface area contributed by atoms with Crippen LogP contribution in [0.3, 0.4) is 0 Å². The van der Waals surface area contributed by atoms with Gasteiger partial charge in [0.15, 0.2) is 0 Å². The predicted octanol–water partition coefficient (Wildman–Crippen LogP) is 4.84. The van der Waals surface area contributed by atoms with Gasteiger partial charge >= 0.3 is 6.18 Å². The average Bonchev–Trinajstić information content (AvgIpc) is 2.97. The molecular formula is C26H24ClF5N4O3. The summed E-state index contributed by atoms with van der Waals surface area (Å²) < 4.78 is 65.9. The number of benzodiazepines with no additional fused rings is 1. The highest BCUT2D eigenvalue weighted by molar-refractivity contribution is 6.36. The largest absolute Gasteiger partial charge is 0.409 e. The summed E-state index contributed by atoms with van der Waals surface area (Å²) in [7, 11) is 0. The van der Waals surface area contributed by atoms with Crippen molar-refractivity contribution in [1.82, 2.24) is 5.32 Å². The molecule has 13 heteroatoms. The monoisotopic (exact) mass is 570 g/mol. The van der Waals surface area contributed by atoms with E-state index in [1.807, 2.05) is 0 Å². The van der Waals surface area contributed by atoms with Gasteiger partial charge in [-0.25, -0.2) is 13.8 Å². The second-order valence-electron chi connectivity index (χ2n) is 8.95. The third-order valence-corrected chi connectivity index (χ3v) is 6.15. The molecule has 0 aromatic heterocycles. The molecule has 3 rings (SSSR count). The number of primary amides is 1. The molecule has 1 aliphatic rings. The Morgan fingerprint density at radius 2 is 1.79 bits per heavy atom. The molecule has 0 aliphatic carbocycles. The van der Waals surface area contributed by atoms with Crippen molar-refractivity contribution in [3.05, 3.63) is 76.8 Å². The van der Waals surface area contributed by atoms with Crippen LogP contribution in [0.5, 0.6) is 0 Å². The van der Waals surface area contributed by atoms with Crippen LogP contribution >= 0.6 is 11.6 Å². The smallest absolute Gasteiger partial charge is 0.369 e. The summed E-state index contributed by atoms with van der Waals surface area (Å²) in [6, 6.07) is 13.3. The van der Waals surface area contributed by atoms with Gasteiger partial charge in [-0.2, -0.15) is 13.2 Å². The first kappa shape index (κ1) is 29.8. The molecule has 4 N–H and O–H groups in total. The van der Waals surface area contributed by atoms with Gasteiger partial charge < -0.3 is 16.4 Å². The lowest BCUT2D eigenvalue weighted by atomic mass is 9.85. The maximum atomic E-state index is 13.5. The molecule has 0 saturated carbocycles. The molecule has 208 valence electrons. The van der Waals surface area contributed by atoms with Gasteiger partial charge in [0.05, 0.1) is 28.3 Å². The predicted molar refractivity (Wildman–Crippen MR) is 135 cm³/mol. The number of carbonyl (C=O) groups is 3. The lowest BCUT2D eigenvalue weighted by Gasteiger charge is -2.24. The minimum absolute atomic E-state index is 0.164. The maximum absolute atomic E-state index is 13.5. The molecule has 0 fully saturated rings. The molecule has 0 saturated heterocycles. The van der Waals surface area contributed by atoms with Crippen molar-refractivity contribution in [2.75, 3.05) is 5.32 Å². The lowest BCUT2D eigenvalue weighted by Crippen LogP contribution is -2.47. The number of fused-ring (bicyclic) bond motifs is 1. The maximum Gasteiger partial charge on any atom is 0.409 e. The van der Waals surface area contributed by atoms with Crippen LogP contribution in [-0.2, 0) is 14.4 Å². The minimum Gasteiger partial charge on any atom is -0.369 e. The Labute approximate surface area is 225 Å². The Balaban J connectivity index is 2.03. The number of para-hydroxylation sites is 1. The third-order valence-electron chi connectivity index (χ3n) is 5.84. The van der Waals surface area contributed by atoms with Crippen molar-refractivity contribution in [2.45, 2.75) is 38.0 Å². The molecule has 0 unspecified atom stereocenters. The average molecular weight is 571 g/mol. The fourth-order valence-corrected chi connectivity index (χ4v) is 4.20. The number of allylic oxidation sites excluding steroid dienone is 1. The number of anilines is 1. The van der Waals surface area contributed by atoms with Crippen LogP contribution in [0.25, 0.3) is 0 Å². The molecule has 1 aliphatic heterocycles. The topological polar surface area (TPSA) is 114 Å². The molecule has 7 nitrogen and oxygen atoms in total. The Morgan fingerprint density at radius 3 is 2.38 bits per heavy atom. The molecule has 2 aromatic carbocycles. The Morgan fingerprint density at radius 1 is 1.13 bits per heavy atom. The van der Waals surface area contributed by atoms with Gasteiger partial charge in [0.25, 0.3) is 5.91 Å². The molecule has 39 heavy (non-hydrogen) atoms. The summed E-state index contributed by atoms with van der Waals surface area (Å²) in [6.07, 6.45) is -8.10. The van der Waals surface area contributed by atoms with Crippen LogP contribution in [0.4, 0.5) is 27.6 Å². The van der Waals surface area contributed by atoms with Crippen LogP contribution in [0.1, 0.15) is 30.9 Å². The molecule has 0 radical (unpaired) electrons. The summed E-state index contributed by atoms with van der Waals surface area (Å²) in [6.45, 7) is 0.560. The van der Waals surface area contributed by atoms with Crippen LogP contribution in [-0.4, -0.2) is 41.7 Å². The summed E-state index contributed by atoms with van der Waals surface area (Å²) in [5.74, 6) is -10.3. The van der Waals surface area contributed by atoms with Gasteiger partial charge in [0, 0.05) is 23.6 Å². The summed E-state index contributed by atoms with van der Waals surface area (Å²) >= 11 is 6.28. The quantitative estimate of drug-likeness (QED) is 0.296. The first-order chi connectivity index (χ1) is 18.2. The van der Waals surface area contributed by atoms with E-state index in [2.05, 4.69) is 15.6 Å². The molecule has 0 spiro atoms. The third kappa shape index (κ3) is 8.09. The van der Waals surface area contributed by atoms with E-state index in [-0.39, 0.29) is 22.5 Å². The normalized spacial score (nSPS) is 17.5. The highest BCUT2D eigenvalue weighted by Crippen LogP contribution is 2.32. The molecular weight excluding hydrogens is 547 g/mol. The van der Waals surface area contributed by atoms with Crippen molar-refractivity contribution in [3.8, 4) is 0 Å². The number of halogens is 6. The number of hydrogen-bond acceptors (Lipinski definition) is 4. The van der Waals surface area contributed by atoms with Crippen LogP contribution in [0.2, 0.25) is 5.02 Å². The van der Waals surface area contributed by atoms with Crippen molar-refractivity contribution in [2.24, 2.45) is 22.6 Å². The zero-order chi connectivity index (χ0) is 29.0. The Hall–Kier alpha value is -3.80. The van der Waals surface area contributed by atoms with Crippen LogP contribution in [0, 0.1) is 11.8 Å². The van der Waals surface area contributed by atoms with E-state index in [9.17, 15) is 36.3 Å². The van der Waals surface area contributed by atoms with Crippen LogP contribution < -0.4 is 16.4 Å². The number of benzene rings is 2. The SMILES string of the molecule is CC(F)(F)CC[C@H](C(N)=O)[C@@H](/C=C/C(F)(F)F)C(=O)N[C@H]1N=C(c2ccccc2)c2cccc(Cl)c2NC1=O. The number of carbonyl (C=O) groups excluding carboxylic acids is 3. The lowest BCUT2D eigenvalue weighted by molar-refractivity contribution is -0.134. The summed E-state index contributed by atoms with van der Waals surface area (Å²) in [4.78, 5) is 42.7. The van der Waals surface area contributed by atoms with Gasteiger partial charge in [0.1, 0.15) is 0 Å². The van der Waals surface area contributed by atoms with E-state index in [0.29, 0.717) is 24.1 Å². The fraction of sp³-hybridized carbons (Fsp3) is 0.308. The van der Waals surface area contributed by atoms with Gasteiger partial charge in [0.2, 0.25) is 23.9 Å². The van der Waals surface area contributed by atoms with E-state index >= 15 is 0 Å². The minimum atomic E-state index is -4.88. The number of amides is 3. The first-order valence-electron chi connectivity index (χ1n) is 11.6. The highest BCUT2D eigenvalue weighted by atomic mass is 35.5. The summed E-state index contributed by atoms with van der Waals surface area (Å²) in [5, 5.41) is 4.95. The number of nitrogens with one attached hydrogen (secondary N) is 2. The van der Waals surface area contributed by atoms with Gasteiger partial charge in [-0.3, -0.25) is 14.4 Å². The van der Waals surface area contributed by atoms with Gasteiger partial charge in [-0.1, -0.05) is 60.1 Å². The highest BCUT2D eigenvalue weighted by Gasteiger charge is 2.37. The van der Waals surface area contributed by atoms with E-state index < -0.39 is 60.7 Å². The fourth-order valence-electron chi connectivity index (χ4n) is 3.98. The van der Waals surface area contributed by atoms with Crippen molar-refractivity contribution < 1.29 is 36.3 Å². The Bertz CT molecular complexity index is 1290.